The number of ether oxygens (including phenoxy) is 1. The van der Waals surface area contributed by atoms with Crippen LogP contribution in [0.2, 0.25) is 0 Å². The van der Waals surface area contributed by atoms with Gasteiger partial charge in [-0.25, -0.2) is 4.98 Å². The predicted octanol–water partition coefficient (Wildman–Crippen LogP) is 3.33. The van der Waals surface area contributed by atoms with E-state index in [1.165, 1.54) is 10.4 Å². The van der Waals surface area contributed by atoms with Crippen molar-refractivity contribution < 1.29 is 4.74 Å². The van der Waals surface area contributed by atoms with Crippen molar-refractivity contribution in [2.75, 3.05) is 12.4 Å². The molecule has 0 bridgehead atoms. The molecule has 0 amide bonds. The molecule has 0 unspecified atom stereocenters. The number of hydrogen-bond donors (Lipinski definition) is 1. The fourth-order valence-electron chi connectivity index (χ4n) is 1.65. The molecule has 2 aromatic heterocycles. The fraction of sp³-hybridized carbons (Fsp3) is 0.308. The van der Waals surface area contributed by atoms with Crippen LogP contribution in [0.3, 0.4) is 0 Å². The maximum Gasteiger partial charge on any atom is 0.214 e. The number of nitrogens with zero attached hydrogens (tertiary/aromatic N) is 1. The van der Waals surface area contributed by atoms with Crippen LogP contribution in [0.1, 0.15) is 17.4 Å². The van der Waals surface area contributed by atoms with Crippen LogP contribution in [0.15, 0.2) is 29.8 Å². The van der Waals surface area contributed by atoms with E-state index in [0.29, 0.717) is 5.88 Å². The van der Waals surface area contributed by atoms with E-state index in [2.05, 4.69) is 28.7 Å². The molecule has 0 atom stereocenters. The second kappa shape index (κ2) is 5.68. The van der Waals surface area contributed by atoms with Gasteiger partial charge < -0.3 is 10.1 Å². The van der Waals surface area contributed by atoms with Gasteiger partial charge in [0.25, 0.3) is 0 Å². The molecule has 0 fully saturated rings. The molecule has 4 heteroatoms. The van der Waals surface area contributed by atoms with E-state index >= 15 is 0 Å². The lowest BCUT2D eigenvalue weighted by molar-refractivity contribution is 0.398. The number of nitrogens with one attached hydrogen (secondary N) is 1. The molecular weight excluding hydrogens is 232 g/mol. The number of anilines is 1. The number of rotatable bonds is 5. The fourth-order valence-corrected chi connectivity index (χ4v) is 2.57. The molecule has 0 aliphatic carbocycles. The molecule has 2 aromatic rings. The van der Waals surface area contributed by atoms with Crippen LogP contribution < -0.4 is 10.1 Å². The quantitative estimate of drug-likeness (QED) is 0.881. The Morgan fingerprint density at radius 2 is 2.29 bits per heavy atom. The van der Waals surface area contributed by atoms with Gasteiger partial charge in [0.2, 0.25) is 5.88 Å². The van der Waals surface area contributed by atoms with Gasteiger partial charge in [0.05, 0.1) is 7.11 Å². The van der Waals surface area contributed by atoms with Crippen molar-refractivity contribution in [2.45, 2.75) is 19.9 Å². The summed E-state index contributed by atoms with van der Waals surface area (Å²) in [5.41, 5.74) is 2.45. The number of thiophene rings is 1. The normalized spacial score (nSPS) is 10.2. The van der Waals surface area contributed by atoms with Crippen LogP contribution >= 0.6 is 11.3 Å². The van der Waals surface area contributed by atoms with Crippen molar-refractivity contribution in [3.63, 3.8) is 0 Å². The number of aromatic nitrogens is 1. The summed E-state index contributed by atoms with van der Waals surface area (Å²) in [4.78, 5) is 5.47. The second-order valence-electron chi connectivity index (χ2n) is 3.66. The Kier molecular flexibility index (Phi) is 3.98. The molecule has 17 heavy (non-hydrogen) atoms. The summed E-state index contributed by atoms with van der Waals surface area (Å²) in [5.74, 6) is 0.636. The van der Waals surface area contributed by atoms with Crippen LogP contribution in [0, 0.1) is 0 Å². The van der Waals surface area contributed by atoms with Crippen LogP contribution in [0.5, 0.6) is 5.88 Å². The molecular formula is C13H16N2OS. The molecule has 3 nitrogen and oxygen atoms in total. The average molecular weight is 248 g/mol. The summed E-state index contributed by atoms with van der Waals surface area (Å²) in [6, 6.07) is 6.04. The van der Waals surface area contributed by atoms with Gasteiger partial charge in [-0.3, -0.25) is 0 Å². The third-order valence-electron chi connectivity index (χ3n) is 2.62. The highest BCUT2D eigenvalue weighted by molar-refractivity contribution is 7.10. The van der Waals surface area contributed by atoms with Gasteiger partial charge in [-0.2, -0.15) is 0 Å². The SMILES string of the molecule is CCc1ccsc1CNc1ccnc(OC)c1. The van der Waals surface area contributed by atoms with E-state index in [1.807, 2.05) is 12.1 Å². The minimum atomic E-state index is 0.636. The first-order valence-electron chi connectivity index (χ1n) is 5.62. The zero-order chi connectivity index (χ0) is 12.1. The Morgan fingerprint density at radius 3 is 3.06 bits per heavy atom. The Morgan fingerprint density at radius 1 is 1.41 bits per heavy atom. The van der Waals surface area contributed by atoms with Crippen LogP contribution in [0.4, 0.5) is 5.69 Å². The molecule has 90 valence electrons. The predicted molar refractivity (Wildman–Crippen MR) is 71.8 cm³/mol. The van der Waals surface area contributed by atoms with Crippen molar-refractivity contribution in [3.05, 3.63) is 40.2 Å². The van der Waals surface area contributed by atoms with Gasteiger partial charge in [0.15, 0.2) is 0 Å². The number of aryl methyl sites for hydroxylation is 1. The molecule has 0 saturated heterocycles. The van der Waals surface area contributed by atoms with E-state index < -0.39 is 0 Å². The molecule has 0 saturated carbocycles. The minimum absolute atomic E-state index is 0.636. The van der Waals surface area contributed by atoms with Gasteiger partial charge >= 0.3 is 0 Å². The monoisotopic (exact) mass is 248 g/mol. The lowest BCUT2D eigenvalue weighted by Crippen LogP contribution is -2.00. The summed E-state index contributed by atoms with van der Waals surface area (Å²) in [6.45, 7) is 3.04. The van der Waals surface area contributed by atoms with Gasteiger partial charge in [-0.1, -0.05) is 6.92 Å². The van der Waals surface area contributed by atoms with E-state index in [1.54, 1.807) is 24.6 Å². The Balaban J connectivity index is 2.02. The standard InChI is InChI=1S/C13H16N2OS/c1-3-10-5-7-17-12(10)9-15-11-4-6-14-13(8-11)16-2/h4-8H,3,9H2,1-2H3,(H,14,15). The molecule has 1 N–H and O–H groups in total. The minimum Gasteiger partial charge on any atom is -0.481 e. The molecule has 0 aliphatic heterocycles. The highest BCUT2D eigenvalue weighted by atomic mass is 32.1. The lowest BCUT2D eigenvalue weighted by atomic mass is 10.2. The van der Waals surface area contributed by atoms with E-state index in [-0.39, 0.29) is 0 Å². The number of hydrogen-bond acceptors (Lipinski definition) is 4. The largest absolute Gasteiger partial charge is 0.481 e. The van der Waals surface area contributed by atoms with Gasteiger partial charge in [0, 0.05) is 29.4 Å². The van der Waals surface area contributed by atoms with Crippen molar-refractivity contribution in [1.29, 1.82) is 0 Å². The summed E-state index contributed by atoms with van der Waals surface area (Å²) in [6.07, 6.45) is 2.83. The summed E-state index contributed by atoms with van der Waals surface area (Å²) >= 11 is 1.79. The second-order valence-corrected chi connectivity index (χ2v) is 4.66. The molecule has 0 aromatic carbocycles. The maximum atomic E-state index is 5.09. The van der Waals surface area contributed by atoms with E-state index in [9.17, 15) is 0 Å². The first-order valence-corrected chi connectivity index (χ1v) is 6.50. The first-order chi connectivity index (χ1) is 8.33. The molecule has 0 aliphatic rings. The summed E-state index contributed by atoms with van der Waals surface area (Å²) in [5, 5.41) is 5.53. The number of methoxy groups -OCH3 is 1. The van der Waals surface area contributed by atoms with Gasteiger partial charge in [-0.15, -0.1) is 11.3 Å². The van der Waals surface area contributed by atoms with Crippen molar-refractivity contribution in [1.82, 2.24) is 4.98 Å². The molecule has 0 radical (unpaired) electrons. The van der Waals surface area contributed by atoms with Gasteiger partial charge in [0.1, 0.15) is 0 Å². The Labute approximate surface area is 105 Å². The highest BCUT2D eigenvalue weighted by Crippen LogP contribution is 2.20. The zero-order valence-electron chi connectivity index (χ0n) is 10.1. The molecule has 0 spiro atoms. The van der Waals surface area contributed by atoms with Gasteiger partial charge in [-0.05, 0) is 29.5 Å². The highest BCUT2D eigenvalue weighted by Gasteiger charge is 2.02. The van der Waals surface area contributed by atoms with Crippen molar-refractivity contribution in [2.24, 2.45) is 0 Å². The third-order valence-corrected chi connectivity index (χ3v) is 3.58. The Bertz CT molecular complexity index is 482. The molecule has 2 rings (SSSR count). The number of pyridine rings is 1. The van der Waals surface area contributed by atoms with E-state index in [4.69, 9.17) is 4.74 Å². The Hall–Kier alpha value is -1.55. The molecule has 2 heterocycles. The van der Waals surface area contributed by atoms with E-state index in [0.717, 1.165) is 18.7 Å². The smallest absolute Gasteiger partial charge is 0.214 e. The summed E-state index contributed by atoms with van der Waals surface area (Å²) < 4.78 is 5.09. The van der Waals surface area contributed by atoms with Crippen molar-refractivity contribution >= 4 is 17.0 Å². The first kappa shape index (κ1) is 11.9. The maximum absolute atomic E-state index is 5.09. The lowest BCUT2D eigenvalue weighted by Gasteiger charge is -2.07. The summed E-state index contributed by atoms with van der Waals surface area (Å²) in [7, 11) is 1.63. The zero-order valence-corrected chi connectivity index (χ0v) is 10.9. The average Bonchev–Trinajstić information content (AvgIpc) is 2.84. The van der Waals surface area contributed by atoms with Crippen molar-refractivity contribution in [3.8, 4) is 5.88 Å². The van der Waals surface area contributed by atoms with Crippen LogP contribution in [0.25, 0.3) is 0 Å². The van der Waals surface area contributed by atoms with Crippen LogP contribution in [-0.2, 0) is 13.0 Å². The third kappa shape index (κ3) is 2.97. The van der Waals surface area contributed by atoms with Crippen LogP contribution in [-0.4, -0.2) is 12.1 Å². The topological polar surface area (TPSA) is 34.2 Å².